The van der Waals surface area contributed by atoms with Gasteiger partial charge in [0.25, 0.3) is 0 Å². The first-order valence-electron chi connectivity index (χ1n) is 10.0. The zero-order valence-electron chi connectivity index (χ0n) is 17.1. The molecule has 28 heavy (non-hydrogen) atoms. The predicted molar refractivity (Wildman–Crippen MR) is 123 cm³/mol. The summed E-state index contributed by atoms with van der Waals surface area (Å²) in [5.41, 5.74) is 9.37. The van der Waals surface area contributed by atoms with E-state index < -0.39 is 0 Å². The fraction of sp³-hybridized carbons (Fsp3) is 0.435. The van der Waals surface area contributed by atoms with Crippen LogP contribution in [0.1, 0.15) is 43.7 Å². The molecule has 2 aliphatic rings. The molecule has 1 aromatic carbocycles. The van der Waals surface area contributed by atoms with Crippen LogP contribution in [0.15, 0.2) is 59.4 Å². The van der Waals surface area contributed by atoms with Crippen molar-refractivity contribution in [2.75, 3.05) is 19.3 Å². The van der Waals surface area contributed by atoms with Gasteiger partial charge in [-0.3, -0.25) is 10.1 Å². The number of hydrogen-bond acceptors (Lipinski definition) is 5. The Morgan fingerprint density at radius 3 is 2.89 bits per heavy atom. The number of allylic oxidation sites excluding steroid dienone is 4. The van der Waals surface area contributed by atoms with Gasteiger partial charge in [0.1, 0.15) is 0 Å². The van der Waals surface area contributed by atoms with Gasteiger partial charge in [-0.25, -0.2) is 0 Å². The average Bonchev–Trinajstić information content (AvgIpc) is 2.70. The summed E-state index contributed by atoms with van der Waals surface area (Å²) in [6.45, 7) is 9.99. The molecule has 0 aromatic heterocycles. The van der Waals surface area contributed by atoms with Crippen molar-refractivity contribution in [3.8, 4) is 0 Å². The van der Waals surface area contributed by atoms with Crippen LogP contribution in [0.25, 0.3) is 5.57 Å². The van der Waals surface area contributed by atoms with E-state index in [-0.39, 0.29) is 0 Å². The van der Waals surface area contributed by atoms with E-state index in [1.54, 1.807) is 11.9 Å². The van der Waals surface area contributed by atoms with Crippen molar-refractivity contribution < 1.29 is 0 Å². The van der Waals surface area contributed by atoms with E-state index in [0.29, 0.717) is 5.41 Å². The lowest BCUT2D eigenvalue weighted by Crippen LogP contribution is -2.34. The van der Waals surface area contributed by atoms with E-state index in [9.17, 15) is 0 Å². The van der Waals surface area contributed by atoms with Gasteiger partial charge < -0.3 is 5.32 Å². The molecule has 0 atom stereocenters. The maximum absolute atomic E-state index is 4.46. The van der Waals surface area contributed by atoms with Crippen LogP contribution < -0.4 is 15.5 Å². The van der Waals surface area contributed by atoms with Crippen molar-refractivity contribution >= 4 is 23.7 Å². The van der Waals surface area contributed by atoms with Crippen LogP contribution in [-0.2, 0) is 6.54 Å². The van der Waals surface area contributed by atoms with E-state index in [1.165, 1.54) is 36.0 Å². The third kappa shape index (κ3) is 5.60. The second kappa shape index (κ2) is 10.1. The first-order valence-corrected chi connectivity index (χ1v) is 11.3. The summed E-state index contributed by atoms with van der Waals surface area (Å²) in [5.74, 6) is 0. The van der Waals surface area contributed by atoms with Crippen LogP contribution in [-0.4, -0.2) is 25.6 Å². The minimum absolute atomic E-state index is 0.414. The minimum Gasteiger partial charge on any atom is -0.317 e. The maximum Gasteiger partial charge on any atom is 0.0475 e. The first kappa shape index (κ1) is 20.9. The number of hydrogen-bond donors (Lipinski definition) is 3. The fourth-order valence-corrected chi connectivity index (χ4v) is 4.16. The van der Waals surface area contributed by atoms with Crippen LogP contribution >= 0.6 is 11.9 Å². The molecule has 0 bridgehead atoms. The summed E-state index contributed by atoms with van der Waals surface area (Å²) < 4.78 is 3.32. The number of rotatable bonds is 7. The second-order valence-corrected chi connectivity index (χ2v) is 8.62. The molecule has 0 aliphatic carbocycles. The van der Waals surface area contributed by atoms with Crippen LogP contribution in [0.5, 0.6) is 0 Å². The Balaban J connectivity index is 1.76. The largest absolute Gasteiger partial charge is 0.317 e. The van der Waals surface area contributed by atoms with E-state index in [4.69, 9.17) is 0 Å². The second-order valence-electron chi connectivity index (χ2n) is 7.92. The molecule has 2 heterocycles. The molecule has 0 saturated carbocycles. The van der Waals surface area contributed by atoms with Gasteiger partial charge in [-0.1, -0.05) is 43.6 Å². The summed E-state index contributed by atoms with van der Waals surface area (Å²) in [6, 6.07) is 8.65. The predicted octanol–water partition coefficient (Wildman–Crippen LogP) is 4.64. The fourth-order valence-electron chi connectivity index (χ4n) is 3.85. The minimum atomic E-state index is 0.414. The van der Waals surface area contributed by atoms with Gasteiger partial charge in [0.2, 0.25) is 0 Å². The van der Waals surface area contributed by atoms with Crippen LogP contribution in [0.2, 0.25) is 0 Å². The van der Waals surface area contributed by atoms with Crippen LogP contribution in [0.3, 0.4) is 0 Å². The average molecular weight is 397 g/mol. The van der Waals surface area contributed by atoms with Gasteiger partial charge in [0, 0.05) is 24.5 Å². The lowest BCUT2D eigenvalue weighted by Gasteiger charge is -2.34. The van der Waals surface area contributed by atoms with Gasteiger partial charge >= 0.3 is 0 Å². The zero-order chi connectivity index (χ0) is 19.8. The molecule has 0 spiro atoms. The first-order chi connectivity index (χ1) is 13.6. The van der Waals surface area contributed by atoms with Crippen LogP contribution in [0.4, 0.5) is 0 Å². The van der Waals surface area contributed by atoms with Gasteiger partial charge in [0.15, 0.2) is 0 Å². The van der Waals surface area contributed by atoms with E-state index in [0.717, 1.165) is 37.2 Å². The van der Waals surface area contributed by atoms with Crippen molar-refractivity contribution in [3.05, 3.63) is 65.4 Å². The number of nitrogens with one attached hydrogen (secondary N) is 3. The van der Waals surface area contributed by atoms with E-state index in [2.05, 4.69) is 64.4 Å². The van der Waals surface area contributed by atoms with Gasteiger partial charge in [-0.05, 0) is 84.9 Å². The Morgan fingerprint density at radius 2 is 2.11 bits per heavy atom. The number of hydrazone groups is 1. The van der Waals surface area contributed by atoms with Crippen molar-refractivity contribution in [2.45, 2.75) is 39.2 Å². The Kier molecular flexibility index (Phi) is 7.54. The molecule has 0 unspecified atom stereocenters. The maximum atomic E-state index is 4.46. The lowest BCUT2D eigenvalue weighted by atomic mass is 9.75. The third-order valence-corrected chi connectivity index (χ3v) is 6.25. The Labute approximate surface area is 173 Å². The molecule has 5 heteroatoms. The van der Waals surface area contributed by atoms with Crippen molar-refractivity contribution in [2.24, 2.45) is 10.5 Å². The molecule has 1 fully saturated rings. The molecular weight excluding hydrogens is 364 g/mol. The summed E-state index contributed by atoms with van der Waals surface area (Å²) in [5, 5.41) is 7.76. The highest BCUT2D eigenvalue weighted by atomic mass is 32.2. The van der Waals surface area contributed by atoms with Crippen molar-refractivity contribution in [3.63, 3.8) is 0 Å². The monoisotopic (exact) mass is 396 g/mol. The lowest BCUT2D eigenvalue weighted by molar-refractivity contribution is 0.212. The van der Waals surface area contributed by atoms with E-state index >= 15 is 0 Å². The highest BCUT2D eigenvalue weighted by Crippen LogP contribution is 2.37. The Hall–Kier alpha value is -1.82. The third-order valence-electron chi connectivity index (χ3n) is 5.81. The Bertz CT molecular complexity index is 773. The van der Waals surface area contributed by atoms with Crippen molar-refractivity contribution in [1.29, 1.82) is 0 Å². The molecule has 2 aliphatic heterocycles. The molecule has 3 N–H and O–H groups in total. The summed E-state index contributed by atoms with van der Waals surface area (Å²) in [4.78, 5) is 0. The molecule has 3 rings (SSSR count). The smallest absolute Gasteiger partial charge is 0.0475 e. The summed E-state index contributed by atoms with van der Waals surface area (Å²) >= 11 is 1.64. The topological polar surface area (TPSA) is 48.5 Å². The zero-order valence-corrected chi connectivity index (χ0v) is 17.9. The van der Waals surface area contributed by atoms with Crippen molar-refractivity contribution in [1.82, 2.24) is 15.5 Å². The number of nitrogens with zero attached hydrogens (tertiary/aromatic N) is 1. The van der Waals surface area contributed by atoms with Crippen LogP contribution in [0, 0.1) is 5.41 Å². The number of benzene rings is 1. The summed E-state index contributed by atoms with van der Waals surface area (Å²) in [6.07, 6.45) is 12.7. The molecule has 150 valence electrons. The SMILES string of the molecule is C=C1/C(CCC2(C)CCNCC2)=C\C=N/N/C=C\1c1cccc(CNSC)c1. The van der Waals surface area contributed by atoms with Gasteiger partial charge in [-0.2, -0.15) is 5.10 Å². The molecule has 1 aromatic rings. The summed E-state index contributed by atoms with van der Waals surface area (Å²) in [7, 11) is 0. The van der Waals surface area contributed by atoms with Gasteiger partial charge in [-0.15, -0.1) is 0 Å². The van der Waals surface area contributed by atoms with E-state index in [1.807, 2.05) is 18.7 Å². The normalized spacial score (nSPS) is 24.1. The molecule has 1 saturated heterocycles. The highest BCUT2D eigenvalue weighted by molar-refractivity contribution is 7.96. The molecular formula is C23H32N4S. The number of piperidine rings is 1. The molecule has 4 nitrogen and oxygen atoms in total. The Morgan fingerprint density at radius 1 is 1.29 bits per heavy atom. The molecule has 0 amide bonds. The quantitative estimate of drug-likeness (QED) is 0.588. The highest BCUT2D eigenvalue weighted by Gasteiger charge is 2.27. The standard InChI is InChI=1S/C23H32N4S/c1-18-20(7-9-23(2)10-13-24-14-11-23)8-12-25-26-17-22(18)21-6-4-5-19(15-21)16-27-28-3/h4-6,8,12,15,17,24,26-27H,1,7,9-11,13-14,16H2,2-3H3/b20-8-,22-17+,25-12-. The molecule has 0 radical (unpaired) electrons. The van der Waals surface area contributed by atoms with Gasteiger partial charge in [0.05, 0.1) is 0 Å².